The number of imidazole rings is 1. The first-order valence-corrected chi connectivity index (χ1v) is 7.17. The molecule has 0 aliphatic carbocycles. The number of nitrogens with zero attached hydrogens (tertiary/aromatic N) is 2. The van der Waals surface area contributed by atoms with Gasteiger partial charge < -0.3 is 15.0 Å². The van der Waals surface area contributed by atoms with Gasteiger partial charge in [-0.2, -0.15) is 0 Å². The van der Waals surface area contributed by atoms with E-state index in [0.717, 1.165) is 29.1 Å². The minimum atomic E-state index is -0.00832. The number of hydrogen-bond donors (Lipinski definition) is 1. The lowest BCUT2D eigenvalue weighted by Crippen LogP contribution is -2.21. The molecular formula is C16H25N3O. The molecule has 0 bridgehead atoms. The normalized spacial score (nSPS) is 12.5. The van der Waals surface area contributed by atoms with Crippen LogP contribution in [0.1, 0.15) is 40.4 Å². The third-order valence-electron chi connectivity index (χ3n) is 3.21. The maximum Gasteiger partial charge on any atom is 0.115 e. The zero-order valence-corrected chi connectivity index (χ0v) is 13.1. The third kappa shape index (κ3) is 3.12. The van der Waals surface area contributed by atoms with Gasteiger partial charge in [0, 0.05) is 17.6 Å². The topological polar surface area (TPSA) is 53.1 Å². The average Bonchev–Trinajstić information content (AvgIpc) is 2.66. The van der Waals surface area contributed by atoms with E-state index >= 15 is 0 Å². The Bertz CT molecular complexity index is 594. The van der Waals surface area contributed by atoms with E-state index in [4.69, 9.17) is 15.5 Å². The van der Waals surface area contributed by atoms with Gasteiger partial charge in [0.2, 0.25) is 0 Å². The second kappa shape index (κ2) is 5.44. The summed E-state index contributed by atoms with van der Waals surface area (Å²) in [4.78, 5) is 4.77. The van der Waals surface area contributed by atoms with Gasteiger partial charge in [0.05, 0.1) is 23.7 Å². The lowest BCUT2D eigenvalue weighted by atomic mass is 9.95. The van der Waals surface area contributed by atoms with E-state index in [1.165, 1.54) is 0 Å². The molecule has 0 spiro atoms. The van der Waals surface area contributed by atoms with Crippen molar-refractivity contribution in [3.05, 3.63) is 24.0 Å². The van der Waals surface area contributed by atoms with E-state index in [1.807, 2.05) is 18.2 Å². The van der Waals surface area contributed by atoms with Gasteiger partial charge in [0.15, 0.2) is 0 Å². The molecule has 0 radical (unpaired) electrons. The predicted molar refractivity (Wildman–Crippen MR) is 83.9 cm³/mol. The smallest absolute Gasteiger partial charge is 0.115 e. The van der Waals surface area contributed by atoms with Gasteiger partial charge >= 0.3 is 0 Å². The van der Waals surface area contributed by atoms with Gasteiger partial charge in [0.1, 0.15) is 5.82 Å². The van der Waals surface area contributed by atoms with Crippen molar-refractivity contribution in [1.82, 2.24) is 9.55 Å². The van der Waals surface area contributed by atoms with Crippen LogP contribution < -0.4 is 5.73 Å². The first-order chi connectivity index (χ1) is 9.29. The number of nitrogens with two attached hydrogens (primary N) is 1. The Morgan fingerprint density at radius 3 is 2.60 bits per heavy atom. The fraction of sp³-hybridized carbons (Fsp3) is 0.562. The highest BCUT2D eigenvalue weighted by Gasteiger charge is 2.22. The summed E-state index contributed by atoms with van der Waals surface area (Å²) >= 11 is 0. The Morgan fingerprint density at radius 1 is 1.30 bits per heavy atom. The van der Waals surface area contributed by atoms with Crippen LogP contribution in [0, 0.1) is 0 Å². The second-order valence-electron chi connectivity index (χ2n) is 6.50. The molecule has 2 N–H and O–H groups in total. The summed E-state index contributed by atoms with van der Waals surface area (Å²) < 4.78 is 7.93. The summed E-state index contributed by atoms with van der Waals surface area (Å²) in [6.45, 7) is 12.1. The zero-order valence-electron chi connectivity index (χ0n) is 13.1. The summed E-state index contributed by atoms with van der Waals surface area (Å²) in [5.41, 5.74) is 8.68. The number of fused-ring (bicyclic) bond motifs is 1. The summed E-state index contributed by atoms with van der Waals surface area (Å²) in [6, 6.07) is 5.91. The van der Waals surface area contributed by atoms with Crippen molar-refractivity contribution in [3.63, 3.8) is 0 Å². The molecule has 2 rings (SSSR count). The molecule has 1 aromatic heterocycles. The van der Waals surface area contributed by atoms with Crippen LogP contribution >= 0.6 is 0 Å². The molecule has 0 aliphatic rings. The Kier molecular flexibility index (Phi) is 4.04. The quantitative estimate of drug-likeness (QED) is 0.871. The molecule has 2 aromatic rings. The van der Waals surface area contributed by atoms with E-state index in [-0.39, 0.29) is 11.5 Å². The monoisotopic (exact) mass is 275 g/mol. The van der Waals surface area contributed by atoms with E-state index < -0.39 is 0 Å². The maximum absolute atomic E-state index is 5.86. The van der Waals surface area contributed by atoms with Crippen LogP contribution in [0.2, 0.25) is 0 Å². The molecule has 4 heteroatoms. The van der Waals surface area contributed by atoms with Gasteiger partial charge in [-0.25, -0.2) is 4.98 Å². The summed E-state index contributed by atoms with van der Waals surface area (Å²) in [5, 5.41) is 0. The van der Waals surface area contributed by atoms with Crippen LogP contribution in [-0.2, 0) is 16.7 Å². The van der Waals surface area contributed by atoms with Gasteiger partial charge in [-0.05, 0) is 32.0 Å². The number of rotatable bonds is 4. The van der Waals surface area contributed by atoms with Crippen molar-refractivity contribution >= 4 is 16.7 Å². The number of benzene rings is 1. The van der Waals surface area contributed by atoms with Crippen molar-refractivity contribution in [1.29, 1.82) is 0 Å². The van der Waals surface area contributed by atoms with Gasteiger partial charge in [-0.3, -0.25) is 0 Å². The lowest BCUT2D eigenvalue weighted by molar-refractivity contribution is 0.0725. The van der Waals surface area contributed by atoms with Crippen LogP contribution in [-0.4, -0.2) is 22.3 Å². The molecule has 0 saturated carbocycles. The van der Waals surface area contributed by atoms with Crippen molar-refractivity contribution < 1.29 is 4.74 Å². The Balaban J connectivity index is 2.42. The van der Waals surface area contributed by atoms with Gasteiger partial charge in [-0.1, -0.05) is 20.8 Å². The van der Waals surface area contributed by atoms with Crippen LogP contribution in [0.5, 0.6) is 0 Å². The van der Waals surface area contributed by atoms with Crippen LogP contribution in [0.25, 0.3) is 11.0 Å². The van der Waals surface area contributed by atoms with Crippen molar-refractivity contribution in [2.75, 3.05) is 12.3 Å². The molecule has 0 fully saturated rings. The van der Waals surface area contributed by atoms with Crippen LogP contribution in [0.15, 0.2) is 18.2 Å². The Hall–Kier alpha value is -1.55. The maximum atomic E-state index is 5.86. The summed E-state index contributed by atoms with van der Waals surface area (Å²) in [6.07, 6.45) is 0.249. The molecular weight excluding hydrogens is 250 g/mol. The first-order valence-electron chi connectivity index (χ1n) is 7.17. The molecule has 1 heterocycles. The molecule has 0 unspecified atom stereocenters. The molecule has 1 aromatic carbocycles. The molecule has 0 atom stereocenters. The van der Waals surface area contributed by atoms with Crippen molar-refractivity contribution in [2.45, 2.75) is 52.7 Å². The second-order valence-corrected chi connectivity index (χ2v) is 6.50. The lowest BCUT2D eigenvalue weighted by Gasteiger charge is -2.20. The summed E-state index contributed by atoms with van der Waals surface area (Å²) in [7, 11) is 0. The van der Waals surface area contributed by atoms with E-state index in [0.29, 0.717) is 6.61 Å². The number of nitrogen functional groups attached to an aromatic ring is 1. The molecule has 110 valence electrons. The fourth-order valence-electron chi connectivity index (χ4n) is 2.33. The standard InChI is InChI=1S/C16H25N3O/c1-11(2)20-9-8-19-14-7-6-12(17)10-13(14)18-15(19)16(3,4)5/h6-7,10-11H,8-9,17H2,1-5H3. The van der Waals surface area contributed by atoms with Gasteiger partial charge in [-0.15, -0.1) is 0 Å². The van der Waals surface area contributed by atoms with E-state index in [2.05, 4.69) is 39.2 Å². The molecule has 0 saturated heterocycles. The number of anilines is 1. The van der Waals surface area contributed by atoms with Crippen molar-refractivity contribution in [2.24, 2.45) is 0 Å². The highest BCUT2D eigenvalue weighted by Crippen LogP contribution is 2.27. The van der Waals surface area contributed by atoms with E-state index in [1.54, 1.807) is 0 Å². The van der Waals surface area contributed by atoms with Crippen molar-refractivity contribution in [3.8, 4) is 0 Å². The van der Waals surface area contributed by atoms with E-state index in [9.17, 15) is 0 Å². The van der Waals surface area contributed by atoms with Crippen LogP contribution in [0.4, 0.5) is 5.69 Å². The highest BCUT2D eigenvalue weighted by molar-refractivity contribution is 5.79. The average molecular weight is 275 g/mol. The molecule has 0 amide bonds. The number of hydrogen-bond acceptors (Lipinski definition) is 3. The minimum absolute atomic E-state index is 0.00832. The highest BCUT2D eigenvalue weighted by atomic mass is 16.5. The SMILES string of the molecule is CC(C)OCCn1c(C(C)(C)C)nc2cc(N)ccc21. The predicted octanol–water partition coefficient (Wildman–Crippen LogP) is 3.34. The first kappa shape index (κ1) is 14.9. The molecule has 4 nitrogen and oxygen atoms in total. The Morgan fingerprint density at radius 2 is 2.00 bits per heavy atom. The van der Waals surface area contributed by atoms with Gasteiger partial charge in [0.25, 0.3) is 0 Å². The molecule has 20 heavy (non-hydrogen) atoms. The Labute approximate surface area is 120 Å². The molecule has 0 aliphatic heterocycles. The minimum Gasteiger partial charge on any atom is -0.399 e. The largest absolute Gasteiger partial charge is 0.399 e. The third-order valence-corrected chi connectivity index (χ3v) is 3.21. The number of aromatic nitrogens is 2. The van der Waals surface area contributed by atoms with Crippen LogP contribution in [0.3, 0.4) is 0 Å². The fourth-order valence-corrected chi connectivity index (χ4v) is 2.33. The zero-order chi connectivity index (χ0) is 14.9. The number of ether oxygens (including phenoxy) is 1. The summed E-state index contributed by atoms with van der Waals surface area (Å²) in [5.74, 6) is 1.07.